The number of carbonyl (C=O) groups is 1. The van der Waals surface area contributed by atoms with Crippen molar-refractivity contribution in [2.24, 2.45) is 0 Å². The Balaban J connectivity index is 2.17. The quantitative estimate of drug-likeness (QED) is 0.805. The minimum absolute atomic E-state index is 0.0519. The van der Waals surface area contributed by atoms with Gasteiger partial charge in [-0.05, 0) is 50.2 Å². The number of imidazole rings is 1. The van der Waals surface area contributed by atoms with Crippen LogP contribution in [0.1, 0.15) is 24.3 Å². The molecule has 5 nitrogen and oxygen atoms in total. The number of aromatic nitrogens is 2. The standard InChI is InChI=1S/C18H19N3O2/c1-12(2)19-18(22)16-17(13-7-9-14(23-3)10-8-13)21-11-5-4-6-15(21)20-16/h4-12H,1-3H3,(H,19,22). The molecular weight excluding hydrogens is 290 g/mol. The van der Waals surface area contributed by atoms with E-state index in [-0.39, 0.29) is 11.9 Å². The van der Waals surface area contributed by atoms with E-state index < -0.39 is 0 Å². The molecule has 23 heavy (non-hydrogen) atoms. The van der Waals surface area contributed by atoms with Crippen LogP contribution in [0.3, 0.4) is 0 Å². The Bertz CT molecular complexity index is 835. The summed E-state index contributed by atoms with van der Waals surface area (Å²) in [7, 11) is 1.63. The number of carbonyl (C=O) groups excluding carboxylic acids is 1. The van der Waals surface area contributed by atoms with Crippen LogP contribution in [0, 0.1) is 0 Å². The van der Waals surface area contributed by atoms with Crippen LogP contribution in [0.25, 0.3) is 16.9 Å². The zero-order chi connectivity index (χ0) is 16.4. The molecular formula is C18H19N3O2. The second-order valence-corrected chi connectivity index (χ2v) is 5.59. The van der Waals surface area contributed by atoms with E-state index in [2.05, 4.69) is 10.3 Å². The highest BCUT2D eigenvalue weighted by Crippen LogP contribution is 2.27. The van der Waals surface area contributed by atoms with Crippen molar-refractivity contribution < 1.29 is 9.53 Å². The summed E-state index contributed by atoms with van der Waals surface area (Å²) in [5.41, 5.74) is 2.86. The van der Waals surface area contributed by atoms with E-state index in [1.807, 2.05) is 66.9 Å². The van der Waals surface area contributed by atoms with Gasteiger partial charge < -0.3 is 10.1 Å². The molecule has 2 aromatic heterocycles. The van der Waals surface area contributed by atoms with Crippen molar-refractivity contribution in [2.75, 3.05) is 7.11 Å². The maximum absolute atomic E-state index is 12.5. The Morgan fingerprint density at radius 3 is 2.57 bits per heavy atom. The predicted octanol–water partition coefficient (Wildman–Crippen LogP) is 3.15. The molecule has 0 aliphatic rings. The van der Waals surface area contributed by atoms with Gasteiger partial charge in [0, 0.05) is 17.8 Å². The number of ether oxygens (including phenoxy) is 1. The molecule has 0 saturated carbocycles. The number of hydrogen-bond acceptors (Lipinski definition) is 3. The van der Waals surface area contributed by atoms with Crippen LogP contribution >= 0.6 is 0 Å². The third-order valence-corrected chi connectivity index (χ3v) is 3.53. The summed E-state index contributed by atoms with van der Waals surface area (Å²) >= 11 is 0. The lowest BCUT2D eigenvalue weighted by Gasteiger charge is -2.09. The lowest BCUT2D eigenvalue weighted by Crippen LogP contribution is -2.30. The molecule has 2 heterocycles. The Hall–Kier alpha value is -2.82. The van der Waals surface area contributed by atoms with Crippen molar-refractivity contribution in [3.63, 3.8) is 0 Å². The second-order valence-electron chi connectivity index (χ2n) is 5.59. The Morgan fingerprint density at radius 2 is 1.91 bits per heavy atom. The number of fused-ring (bicyclic) bond motifs is 1. The Labute approximate surface area is 134 Å². The average molecular weight is 309 g/mol. The van der Waals surface area contributed by atoms with Crippen molar-refractivity contribution in [3.05, 3.63) is 54.4 Å². The van der Waals surface area contributed by atoms with E-state index in [4.69, 9.17) is 4.74 Å². The molecule has 0 saturated heterocycles. The van der Waals surface area contributed by atoms with Crippen LogP contribution in [-0.4, -0.2) is 28.4 Å². The van der Waals surface area contributed by atoms with E-state index in [0.29, 0.717) is 5.69 Å². The Kier molecular flexibility index (Phi) is 4.02. The molecule has 0 spiro atoms. The fraction of sp³-hybridized carbons (Fsp3) is 0.222. The molecule has 0 unspecified atom stereocenters. The summed E-state index contributed by atoms with van der Waals surface area (Å²) in [4.78, 5) is 17.0. The fourth-order valence-electron chi connectivity index (χ4n) is 2.51. The van der Waals surface area contributed by atoms with Gasteiger partial charge in [-0.3, -0.25) is 9.20 Å². The van der Waals surface area contributed by atoms with Crippen molar-refractivity contribution in [3.8, 4) is 17.0 Å². The number of benzene rings is 1. The molecule has 0 bridgehead atoms. The number of rotatable bonds is 4. The highest BCUT2D eigenvalue weighted by Gasteiger charge is 2.20. The van der Waals surface area contributed by atoms with Crippen LogP contribution in [0.15, 0.2) is 48.7 Å². The number of amides is 1. The molecule has 0 atom stereocenters. The first-order valence-corrected chi connectivity index (χ1v) is 7.52. The minimum Gasteiger partial charge on any atom is -0.497 e. The number of nitrogens with one attached hydrogen (secondary N) is 1. The highest BCUT2D eigenvalue weighted by atomic mass is 16.5. The molecule has 0 fully saturated rings. The maximum Gasteiger partial charge on any atom is 0.272 e. The summed E-state index contributed by atoms with van der Waals surface area (Å²) in [5, 5.41) is 2.91. The predicted molar refractivity (Wildman–Crippen MR) is 89.8 cm³/mol. The zero-order valence-corrected chi connectivity index (χ0v) is 13.4. The molecule has 3 rings (SSSR count). The van der Waals surface area contributed by atoms with Crippen LogP contribution in [0.5, 0.6) is 5.75 Å². The molecule has 1 aromatic carbocycles. The topological polar surface area (TPSA) is 55.6 Å². The van der Waals surface area contributed by atoms with E-state index in [9.17, 15) is 4.79 Å². The number of pyridine rings is 1. The first kappa shape index (κ1) is 15.1. The van der Waals surface area contributed by atoms with Crippen molar-refractivity contribution >= 4 is 11.6 Å². The van der Waals surface area contributed by atoms with Gasteiger partial charge in [-0.25, -0.2) is 4.98 Å². The smallest absolute Gasteiger partial charge is 0.272 e. The lowest BCUT2D eigenvalue weighted by molar-refractivity contribution is 0.0939. The van der Waals surface area contributed by atoms with Crippen molar-refractivity contribution in [1.82, 2.24) is 14.7 Å². The molecule has 5 heteroatoms. The van der Waals surface area contributed by atoms with E-state index in [1.54, 1.807) is 7.11 Å². The van der Waals surface area contributed by atoms with Gasteiger partial charge in [-0.15, -0.1) is 0 Å². The summed E-state index contributed by atoms with van der Waals surface area (Å²) in [5.74, 6) is 0.602. The van der Waals surface area contributed by atoms with Gasteiger partial charge in [0.15, 0.2) is 5.69 Å². The van der Waals surface area contributed by atoms with Gasteiger partial charge >= 0.3 is 0 Å². The van der Waals surface area contributed by atoms with Gasteiger partial charge in [0.2, 0.25) is 0 Å². The molecule has 118 valence electrons. The summed E-state index contributed by atoms with van der Waals surface area (Å²) in [6.07, 6.45) is 1.91. The monoisotopic (exact) mass is 309 g/mol. The zero-order valence-electron chi connectivity index (χ0n) is 13.4. The molecule has 1 amide bonds. The first-order chi connectivity index (χ1) is 11.1. The normalized spacial score (nSPS) is 11.0. The number of nitrogens with zero attached hydrogens (tertiary/aromatic N) is 2. The van der Waals surface area contributed by atoms with Gasteiger partial charge in [0.1, 0.15) is 11.4 Å². The summed E-state index contributed by atoms with van der Waals surface area (Å²) in [6, 6.07) is 13.4. The lowest BCUT2D eigenvalue weighted by atomic mass is 10.1. The SMILES string of the molecule is COc1ccc(-c2c(C(=O)NC(C)C)nc3ccccn23)cc1. The number of methoxy groups -OCH3 is 1. The van der Waals surface area contributed by atoms with Gasteiger partial charge in [-0.2, -0.15) is 0 Å². The highest BCUT2D eigenvalue weighted by molar-refractivity contribution is 5.99. The Morgan fingerprint density at radius 1 is 1.17 bits per heavy atom. The van der Waals surface area contributed by atoms with Crippen LogP contribution < -0.4 is 10.1 Å². The molecule has 3 aromatic rings. The maximum atomic E-state index is 12.5. The minimum atomic E-state index is -0.172. The van der Waals surface area contributed by atoms with Gasteiger partial charge in [-0.1, -0.05) is 6.07 Å². The van der Waals surface area contributed by atoms with Crippen LogP contribution in [-0.2, 0) is 0 Å². The number of hydrogen-bond donors (Lipinski definition) is 1. The summed E-state index contributed by atoms with van der Waals surface area (Å²) < 4.78 is 7.13. The molecule has 1 N–H and O–H groups in total. The van der Waals surface area contributed by atoms with Gasteiger partial charge in [0.05, 0.1) is 12.8 Å². The van der Waals surface area contributed by atoms with Gasteiger partial charge in [0.25, 0.3) is 5.91 Å². The third-order valence-electron chi connectivity index (χ3n) is 3.53. The first-order valence-electron chi connectivity index (χ1n) is 7.52. The molecule has 0 radical (unpaired) electrons. The van der Waals surface area contributed by atoms with Crippen molar-refractivity contribution in [2.45, 2.75) is 19.9 Å². The van der Waals surface area contributed by atoms with Crippen LogP contribution in [0.4, 0.5) is 0 Å². The van der Waals surface area contributed by atoms with Crippen LogP contribution in [0.2, 0.25) is 0 Å². The molecule has 0 aliphatic heterocycles. The summed E-state index contributed by atoms with van der Waals surface area (Å²) in [6.45, 7) is 3.86. The van der Waals surface area contributed by atoms with E-state index in [0.717, 1.165) is 22.7 Å². The van der Waals surface area contributed by atoms with Crippen molar-refractivity contribution in [1.29, 1.82) is 0 Å². The average Bonchev–Trinajstić information content (AvgIpc) is 2.94. The van der Waals surface area contributed by atoms with E-state index >= 15 is 0 Å². The van der Waals surface area contributed by atoms with E-state index in [1.165, 1.54) is 0 Å². The molecule has 0 aliphatic carbocycles. The third kappa shape index (κ3) is 2.90. The largest absolute Gasteiger partial charge is 0.497 e. The fourth-order valence-corrected chi connectivity index (χ4v) is 2.51. The second kappa shape index (κ2) is 6.12.